The van der Waals surface area contributed by atoms with Gasteiger partial charge in [0.1, 0.15) is 28.6 Å². The maximum atomic E-state index is 14.9. The fourth-order valence-electron chi connectivity index (χ4n) is 4.23. The molecule has 0 aliphatic carbocycles. The van der Waals surface area contributed by atoms with Crippen molar-refractivity contribution in [3.05, 3.63) is 54.0 Å². The van der Waals surface area contributed by atoms with Crippen LogP contribution in [0.1, 0.15) is 18.6 Å². The van der Waals surface area contributed by atoms with Crippen LogP contribution in [0.2, 0.25) is 0 Å². The van der Waals surface area contributed by atoms with Gasteiger partial charge in [0.15, 0.2) is 0 Å². The van der Waals surface area contributed by atoms with Gasteiger partial charge < -0.3 is 23.9 Å². The van der Waals surface area contributed by atoms with Crippen LogP contribution in [0.25, 0.3) is 34.2 Å². The Morgan fingerprint density at radius 3 is 2.62 bits per heavy atom. The van der Waals surface area contributed by atoms with E-state index in [0.29, 0.717) is 40.6 Å². The number of nitrogens with one attached hydrogen (secondary N) is 1. The van der Waals surface area contributed by atoms with E-state index in [1.165, 1.54) is 26.0 Å². The zero-order valence-corrected chi connectivity index (χ0v) is 19.2. The summed E-state index contributed by atoms with van der Waals surface area (Å²) >= 11 is 0. The van der Waals surface area contributed by atoms with Crippen LogP contribution >= 0.6 is 0 Å². The summed E-state index contributed by atoms with van der Waals surface area (Å²) in [4.78, 5) is 2.37. The molecule has 8 nitrogen and oxygen atoms in total. The molecule has 5 rings (SSSR count). The van der Waals surface area contributed by atoms with Gasteiger partial charge in [-0.2, -0.15) is 0 Å². The van der Waals surface area contributed by atoms with Gasteiger partial charge in [0.05, 0.1) is 18.4 Å². The SMILES string of the molecule is COc1cc(NCCN2CCCC2)c(F)cc1-c1nnc(-c2c(-c3ccccc3)noc2C)o1. The van der Waals surface area contributed by atoms with Crippen LogP contribution in [-0.2, 0) is 0 Å². The Kier molecular flexibility index (Phi) is 6.27. The number of likely N-dealkylation sites (tertiary alicyclic amines) is 1. The molecule has 2 aromatic carbocycles. The largest absolute Gasteiger partial charge is 0.496 e. The van der Waals surface area contributed by atoms with Crippen molar-refractivity contribution in [2.75, 3.05) is 38.6 Å². The highest BCUT2D eigenvalue weighted by Crippen LogP contribution is 2.38. The van der Waals surface area contributed by atoms with Crippen molar-refractivity contribution < 1.29 is 18.1 Å². The van der Waals surface area contributed by atoms with Crippen LogP contribution in [0.3, 0.4) is 0 Å². The van der Waals surface area contributed by atoms with E-state index in [-0.39, 0.29) is 11.8 Å². The Balaban J connectivity index is 1.41. The van der Waals surface area contributed by atoms with Gasteiger partial charge in [-0.3, -0.25) is 0 Å². The lowest BCUT2D eigenvalue weighted by atomic mass is 10.1. The molecule has 34 heavy (non-hydrogen) atoms. The summed E-state index contributed by atoms with van der Waals surface area (Å²) in [6.45, 7) is 5.51. The Hall–Kier alpha value is -3.72. The molecule has 0 spiro atoms. The smallest absolute Gasteiger partial charge is 0.254 e. The second kappa shape index (κ2) is 9.64. The number of hydrogen-bond acceptors (Lipinski definition) is 8. The van der Waals surface area contributed by atoms with E-state index in [1.807, 2.05) is 30.3 Å². The third kappa shape index (κ3) is 4.38. The molecule has 1 N–H and O–H groups in total. The van der Waals surface area contributed by atoms with Crippen molar-refractivity contribution in [1.29, 1.82) is 0 Å². The van der Waals surface area contributed by atoms with Crippen LogP contribution in [0.5, 0.6) is 5.75 Å². The van der Waals surface area contributed by atoms with Gasteiger partial charge in [0.2, 0.25) is 0 Å². The topological polar surface area (TPSA) is 89.5 Å². The average molecular weight is 464 g/mol. The van der Waals surface area contributed by atoms with Crippen LogP contribution < -0.4 is 10.1 Å². The molecule has 0 atom stereocenters. The Bertz CT molecular complexity index is 1270. The summed E-state index contributed by atoms with van der Waals surface area (Å²) < 4.78 is 31.8. The maximum Gasteiger partial charge on any atom is 0.254 e. The molecule has 0 bridgehead atoms. The maximum absolute atomic E-state index is 14.9. The van der Waals surface area contributed by atoms with Crippen molar-refractivity contribution in [3.8, 4) is 39.9 Å². The lowest BCUT2D eigenvalue weighted by Gasteiger charge is -2.16. The first-order valence-electron chi connectivity index (χ1n) is 11.3. The second-order valence-corrected chi connectivity index (χ2v) is 8.25. The summed E-state index contributed by atoms with van der Waals surface area (Å²) in [6.07, 6.45) is 2.45. The molecular formula is C25H26FN5O3. The minimum absolute atomic E-state index is 0.147. The number of ether oxygens (including phenoxy) is 1. The molecule has 0 saturated carbocycles. The summed E-state index contributed by atoms with van der Waals surface area (Å²) in [5.41, 5.74) is 2.82. The number of aryl methyl sites for hydroxylation is 1. The fourth-order valence-corrected chi connectivity index (χ4v) is 4.23. The number of rotatable bonds is 8. The van der Waals surface area contributed by atoms with Gasteiger partial charge in [-0.1, -0.05) is 35.5 Å². The summed E-state index contributed by atoms with van der Waals surface area (Å²) in [7, 11) is 1.53. The van der Waals surface area contributed by atoms with Gasteiger partial charge >= 0.3 is 0 Å². The number of benzene rings is 2. The molecule has 9 heteroatoms. The molecule has 0 radical (unpaired) electrons. The molecule has 0 amide bonds. The van der Waals surface area contributed by atoms with E-state index in [4.69, 9.17) is 13.7 Å². The van der Waals surface area contributed by atoms with Crippen LogP contribution in [0, 0.1) is 12.7 Å². The third-order valence-corrected chi connectivity index (χ3v) is 6.01. The minimum atomic E-state index is -0.414. The molecule has 1 saturated heterocycles. The molecule has 2 aromatic heterocycles. The van der Waals surface area contributed by atoms with Crippen molar-refractivity contribution >= 4 is 5.69 Å². The predicted molar refractivity (Wildman–Crippen MR) is 126 cm³/mol. The lowest BCUT2D eigenvalue weighted by Crippen LogP contribution is -2.26. The van der Waals surface area contributed by atoms with Gasteiger partial charge in [0.25, 0.3) is 11.8 Å². The van der Waals surface area contributed by atoms with E-state index in [9.17, 15) is 4.39 Å². The Morgan fingerprint density at radius 2 is 1.85 bits per heavy atom. The van der Waals surface area contributed by atoms with E-state index < -0.39 is 5.82 Å². The normalized spacial score (nSPS) is 14.0. The van der Waals surface area contributed by atoms with E-state index in [2.05, 4.69) is 25.6 Å². The molecular weight excluding hydrogens is 437 g/mol. The fraction of sp³-hybridized carbons (Fsp3) is 0.320. The zero-order chi connectivity index (χ0) is 23.5. The first-order chi connectivity index (χ1) is 16.6. The van der Waals surface area contributed by atoms with Crippen molar-refractivity contribution in [2.45, 2.75) is 19.8 Å². The minimum Gasteiger partial charge on any atom is -0.496 e. The summed E-state index contributed by atoms with van der Waals surface area (Å²) in [5, 5.41) is 15.7. The molecule has 0 unspecified atom stereocenters. The summed E-state index contributed by atoms with van der Waals surface area (Å²) in [5.74, 6) is 0.954. The second-order valence-electron chi connectivity index (χ2n) is 8.25. The van der Waals surface area contributed by atoms with Crippen molar-refractivity contribution in [1.82, 2.24) is 20.3 Å². The molecule has 1 aliphatic heterocycles. The molecule has 1 fully saturated rings. The van der Waals surface area contributed by atoms with E-state index in [1.54, 1.807) is 13.0 Å². The quantitative estimate of drug-likeness (QED) is 0.390. The Morgan fingerprint density at radius 1 is 1.09 bits per heavy atom. The zero-order valence-electron chi connectivity index (χ0n) is 19.2. The van der Waals surface area contributed by atoms with Crippen molar-refractivity contribution in [2.24, 2.45) is 0 Å². The number of hydrogen-bond donors (Lipinski definition) is 1. The average Bonchev–Trinajstić information content (AvgIpc) is 3.61. The van der Waals surface area contributed by atoms with Crippen LogP contribution in [0.4, 0.5) is 10.1 Å². The molecule has 4 aromatic rings. The first kappa shape index (κ1) is 22.1. The molecule has 3 heterocycles. The van der Waals surface area contributed by atoms with Gasteiger partial charge in [-0.15, -0.1) is 10.2 Å². The highest BCUT2D eigenvalue weighted by molar-refractivity contribution is 5.78. The highest BCUT2D eigenvalue weighted by Gasteiger charge is 2.24. The van der Waals surface area contributed by atoms with Crippen LogP contribution in [0.15, 0.2) is 51.4 Å². The molecule has 176 valence electrons. The first-order valence-corrected chi connectivity index (χ1v) is 11.3. The number of halogens is 1. The van der Waals surface area contributed by atoms with Crippen LogP contribution in [-0.4, -0.2) is 53.5 Å². The third-order valence-electron chi connectivity index (χ3n) is 6.01. The standard InChI is InChI=1S/C25H26FN5O3/c1-16-22(23(30-34-16)17-8-4-3-5-9-17)25-29-28-24(33-25)18-14-19(26)20(15-21(18)32-2)27-10-13-31-11-6-7-12-31/h3-5,8-9,14-15,27H,6-7,10-13H2,1-2H3. The van der Waals surface area contributed by atoms with Crippen molar-refractivity contribution in [3.63, 3.8) is 0 Å². The highest BCUT2D eigenvalue weighted by atomic mass is 19.1. The number of aromatic nitrogens is 3. The lowest BCUT2D eigenvalue weighted by molar-refractivity contribution is 0.352. The van der Waals surface area contributed by atoms with Gasteiger partial charge in [0, 0.05) is 24.7 Å². The number of methoxy groups -OCH3 is 1. The van der Waals surface area contributed by atoms with Gasteiger partial charge in [-0.05, 0) is 38.9 Å². The predicted octanol–water partition coefficient (Wildman–Crippen LogP) is 5.02. The Labute approximate surface area is 196 Å². The molecule has 1 aliphatic rings. The number of nitrogens with zero attached hydrogens (tertiary/aromatic N) is 4. The van der Waals surface area contributed by atoms with E-state index in [0.717, 1.165) is 25.2 Å². The summed E-state index contributed by atoms with van der Waals surface area (Å²) in [6, 6.07) is 12.6. The number of anilines is 1. The monoisotopic (exact) mass is 463 g/mol. The van der Waals surface area contributed by atoms with E-state index >= 15 is 0 Å². The van der Waals surface area contributed by atoms with Gasteiger partial charge in [-0.25, -0.2) is 4.39 Å².